The van der Waals surface area contributed by atoms with Crippen molar-refractivity contribution in [3.05, 3.63) is 29.7 Å². The van der Waals surface area contributed by atoms with Crippen molar-refractivity contribution in [1.29, 1.82) is 5.26 Å². The van der Waals surface area contributed by atoms with Crippen LogP contribution >= 0.6 is 0 Å². The number of fused-ring (bicyclic) bond motifs is 1. The molecule has 0 saturated carbocycles. The number of aromatic carboxylic acids is 1. The highest BCUT2D eigenvalue weighted by molar-refractivity contribution is 5.87. The van der Waals surface area contributed by atoms with Crippen molar-refractivity contribution in [2.45, 2.75) is 0 Å². The van der Waals surface area contributed by atoms with Crippen LogP contribution in [-0.2, 0) is 0 Å². The summed E-state index contributed by atoms with van der Waals surface area (Å²) >= 11 is 0. The molecule has 0 aromatic carbocycles. The summed E-state index contributed by atoms with van der Waals surface area (Å²) < 4.78 is 1.27. The molecule has 0 radical (unpaired) electrons. The summed E-state index contributed by atoms with van der Waals surface area (Å²) in [5.74, 6) is -1.08. The largest absolute Gasteiger partial charge is 0.478 e. The molecule has 6 nitrogen and oxygen atoms in total. The van der Waals surface area contributed by atoms with Crippen LogP contribution in [0.3, 0.4) is 0 Å². The predicted molar refractivity (Wildman–Crippen MR) is 44.7 cm³/mol. The Kier molecular flexibility index (Phi) is 1.65. The van der Waals surface area contributed by atoms with Gasteiger partial charge in [-0.15, -0.1) is 0 Å². The molecule has 0 aliphatic carbocycles. The van der Waals surface area contributed by atoms with Crippen molar-refractivity contribution in [1.82, 2.24) is 14.6 Å². The second-order valence-electron chi connectivity index (χ2n) is 2.59. The zero-order valence-electron chi connectivity index (χ0n) is 6.88. The number of carboxylic acid groups (broad SMARTS) is 1. The second kappa shape index (κ2) is 2.81. The van der Waals surface area contributed by atoms with Crippen LogP contribution in [0, 0.1) is 11.3 Å². The first kappa shape index (κ1) is 8.19. The van der Waals surface area contributed by atoms with Gasteiger partial charge < -0.3 is 5.11 Å². The van der Waals surface area contributed by atoms with Crippen LogP contribution in [-0.4, -0.2) is 25.7 Å². The lowest BCUT2D eigenvalue weighted by Gasteiger charge is -1.94. The minimum atomic E-state index is -1.08. The van der Waals surface area contributed by atoms with Crippen LogP contribution < -0.4 is 0 Å². The Labute approximate surface area is 78.0 Å². The third kappa shape index (κ3) is 1.08. The smallest absolute Gasteiger partial charge is 0.338 e. The van der Waals surface area contributed by atoms with Crippen LogP contribution in [0.5, 0.6) is 0 Å². The number of carboxylic acids is 1. The van der Waals surface area contributed by atoms with Gasteiger partial charge in [0.25, 0.3) is 0 Å². The van der Waals surface area contributed by atoms with E-state index in [1.165, 1.54) is 23.1 Å². The summed E-state index contributed by atoms with van der Waals surface area (Å²) in [6.07, 6.45) is 3.85. The maximum Gasteiger partial charge on any atom is 0.338 e. The monoisotopic (exact) mass is 188 g/mol. The first-order chi connectivity index (χ1) is 6.72. The van der Waals surface area contributed by atoms with Crippen LogP contribution in [0.2, 0.25) is 0 Å². The number of rotatable bonds is 1. The fourth-order valence-corrected chi connectivity index (χ4v) is 1.06. The topological polar surface area (TPSA) is 91.3 Å². The zero-order chi connectivity index (χ0) is 10.1. The van der Waals surface area contributed by atoms with Crippen LogP contribution in [0.15, 0.2) is 18.6 Å². The predicted octanol–water partition coefficient (Wildman–Crippen LogP) is 0.299. The minimum Gasteiger partial charge on any atom is -0.478 e. The Balaban J connectivity index is 2.70. The van der Waals surface area contributed by atoms with Gasteiger partial charge in [-0.05, 0) is 0 Å². The fourth-order valence-electron chi connectivity index (χ4n) is 1.06. The summed E-state index contributed by atoms with van der Waals surface area (Å²) in [7, 11) is 0. The van der Waals surface area contributed by atoms with Crippen molar-refractivity contribution in [3.8, 4) is 6.07 Å². The molecule has 0 atom stereocenters. The fraction of sp³-hybridized carbons (Fsp3) is 0. The maximum absolute atomic E-state index is 10.6. The molecule has 0 unspecified atom stereocenters. The summed E-state index contributed by atoms with van der Waals surface area (Å²) in [6.45, 7) is 0. The van der Waals surface area contributed by atoms with E-state index in [-0.39, 0.29) is 5.56 Å². The van der Waals surface area contributed by atoms with E-state index >= 15 is 0 Å². The number of nitriles is 1. The van der Waals surface area contributed by atoms with Crippen molar-refractivity contribution < 1.29 is 9.90 Å². The average Bonchev–Trinajstić information content (AvgIpc) is 2.59. The van der Waals surface area contributed by atoms with Crippen molar-refractivity contribution in [3.63, 3.8) is 0 Å². The Hall–Kier alpha value is -2.42. The van der Waals surface area contributed by atoms with Crippen LogP contribution in [0.4, 0.5) is 0 Å². The third-order valence-corrected chi connectivity index (χ3v) is 1.72. The van der Waals surface area contributed by atoms with Gasteiger partial charge >= 0.3 is 5.97 Å². The Morgan fingerprint density at radius 3 is 3.00 bits per heavy atom. The lowest BCUT2D eigenvalue weighted by atomic mass is 10.3. The molecule has 68 valence electrons. The SMILES string of the molecule is N#Cc1cnn2cc(C(=O)O)cnc12. The molecule has 14 heavy (non-hydrogen) atoms. The van der Waals surface area contributed by atoms with Crippen LogP contribution in [0.1, 0.15) is 15.9 Å². The molecule has 2 rings (SSSR count). The molecule has 0 fully saturated rings. The van der Waals surface area contributed by atoms with Gasteiger partial charge in [-0.1, -0.05) is 0 Å². The molecule has 2 aromatic heterocycles. The highest BCUT2D eigenvalue weighted by Gasteiger charge is 2.08. The zero-order valence-corrected chi connectivity index (χ0v) is 6.88. The molecule has 2 aromatic rings. The van der Waals surface area contributed by atoms with E-state index in [4.69, 9.17) is 10.4 Å². The van der Waals surface area contributed by atoms with Crippen LogP contribution in [0.25, 0.3) is 5.65 Å². The molecular formula is C8H4N4O2. The number of hydrogen-bond donors (Lipinski definition) is 1. The number of aromatic nitrogens is 3. The Bertz CT molecular complexity index is 552. The van der Waals surface area contributed by atoms with Gasteiger partial charge in [-0.25, -0.2) is 14.3 Å². The van der Waals surface area contributed by atoms with Gasteiger partial charge in [0.05, 0.1) is 11.8 Å². The molecular weight excluding hydrogens is 184 g/mol. The standard InChI is InChI=1S/C8H4N4O2/c9-1-5-3-11-12-4-6(8(13)14)2-10-7(5)12/h2-4H,(H,13,14). The van der Waals surface area contributed by atoms with E-state index in [1.54, 1.807) is 0 Å². The summed E-state index contributed by atoms with van der Waals surface area (Å²) in [6, 6.07) is 1.91. The van der Waals surface area contributed by atoms with E-state index in [0.717, 1.165) is 0 Å². The molecule has 0 amide bonds. The molecule has 0 saturated heterocycles. The average molecular weight is 188 g/mol. The van der Waals surface area contributed by atoms with E-state index in [9.17, 15) is 4.79 Å². The summed E-state index contributed by atoms with van der Waals surface area (Å²) in [4.78, 5) is 14.4. The number of carbonyl (C=O) groups is 1. The van der Waals surface area contributed by atoms with Crippen molar-refractivity contribution in [2.75, 3.05) is 0 Å². The molecule has 0 aliphatic heterocycles. The molecule has 1 N–H and O–H groups in total. The quantitative estimate of drug-likeness (QED) is 0.694. The number of nitrogens with zero attached hydrogens (tertiary/aromatic N) is 4. The van der Waals surface area contributed by atoms with E-state index in [1.807, 2.05) is 6.07 Å². The molecule has 0 spiro atoms. The van der Waals surface area contributed by atoms with Gasteiger partial charge in [0.2, 0.25) is 0 Å². The van der Waals surface area contributed by atoms with Gasteiger partial charge in [0.15, 0.2) is 5.65 Å². The lowest BCUT2D eigenvalue weighted by molar-refractivity contribution is 0.0695. The highest BCUT2D eigenvalue weighted by Crippen LogP contribution is 2.07. The van der Waals surface area contributed by atoms with Crippen molar-refractivity contribution in [2.24, 2.45) is 0 Å². The third-order valence-electron chi connectivity index (χ3n) is 1.72. The van der Waals surface area contributed by atoms with Gasteiger partial charge in [0, 0.05) is 12.4 Å². The summed E-state index contributed by atoms with van der Waals surface area (Å²) in [5.41, 5.74) is 0.713. The molecule has 0 aliphatic rings. The normalized spacial score (nSPS) is 9.93. The van der Waals surface area contributed by atoms with E-state index < -0.39 is 5.97 Å². The van der Waals surface area contributed by atoms with Gasteiger partial charge in [-0.2, -0.15) is 10.4 Å². The number of hydrogen-bond acceptors (Lipinski definition) is 4. The Morgan fingerprint density at radius 1 is 1.57 bits per heavy atom. The second-order valence-corrected chi connectivity index (χ2v) is 2.59. The molecule has 6 heteroatoms. The van der Waals surface area contributed by atoms with Crippen molar-refractivity contribution >= 4 is 11.6 Å². The maximum atomic E-state index is 10.6. The minimum absolute atomic E-state index is 0.0325. The van der Waals surface area contributed by atoms with E-state index in [0.29, 0.717) is 11.2 Å². The molecule has 2 heterocycles. The highest BCUT2D eigenvalue weighted by atomic mass is 16.4. The summed E-state index contributed by atoms with van der Waals surface area (Å²) in [5, 5.41) is 21.1. The lowest BCUT2D eigenvalue weighted by Crippen LogP contribution is -2.01. The first-order valence-electron chi connectivity index (χ1n) is 3.69. The Morgan fingerprint density at radius 2 is 2.36 bits per heavy atom. The first-order valence-corrected chi connectivity index (χ1v) is 3.69. The van der Waals surface area contributed by atoms with Gasteiger partial charge in [-0.3, -0.25) is 0 Å². The molecule has 0 bridgehead atoms. The van der Waals surface area contributed by atoms with E-state index in [2.05, 4.69) is 10.1 Å². The van der Waals surface area contributed by atoms with Gasteiger partial charge in [0.1, 0.15) is 11.6 Å².